The number of hydrogen-bond donors (Lipinski definition) is 0. The first-order valence-corrected chi connectivity index (χ1v) is 5.93. The predicted octanol–water partition coefficient (Wildman–Crippen LogP) is 3.29. The summed E-state index contributed by atoms with van der Waals surface area (Å²) >= 11 is 0. The first-order chi connectivity index (χ1) is 7.88. The molecule has 0 saturated carbocycles. The molecule has 1 aliphatic heterocycles. The number of aryl methyl sites for hydroxylation is 1. The molecule has 2 rings (SSSR count). The van der Waals surface area contributed by atoms with Gasteiger partial charge in [0.05, 0.1) is 6.54 Å². The predicted molar refractivity (Wildman–Crippen MR) is 66.9 cm³/mol. The molecule has 1 amide bonds. The quantitative estimate of drug-likeness (QED) is 0.745. The molecule has 0 unspecified atom stereocenters. The highest BCUT2D eigenvalue weighted by Gasteiger charge is 2.38. The van der Waals surface area contributed by atoms with Gasteiger partial charge in [0.25, 0.3) is 0 Å². The third-order valence-electron chi connectivity index (χ3n) is 3.04. The van der Waals surface area contributed by atoms with Crippen LogP contribution in [0.15, 0.2) is 24.3 Å². The third-order valence-corrected chi connectivity index (χ3v) is 3.04. The molecule has 0 radical (unpaired) electrons. The average Bonchev–Trinajstić information content (AvgIpc) is 2.60. The average molecular weight is 233 g/mol. The molecule has 0 aromatic heterocycles. The third kappa shape index (κ3) is 2.43. The minimum Gasteiger partial charge on any atom is -0.439 e. The maximum atomic E-state index is 11.8. The van der Waals surface area contributed by atoms with Gasteiger partial charge in [0.2, 0.25) is 0 Å². The molecule has 0 aliphatic carbocycles. The van der Waals surface area contributed by atoms with Crippen molar-refractivity contribution in [2.45, 2.75) is 39.3 Å². The SMILES string of the molecule is Cc1cccc([C@@H]2CN(C(C)(C)C)C(=O)O2)c1. The van der Waals surface area contributed by atoms with Gasteiger partial charge in [-0.1, -0.05) is 29.8 Å². The van der Waals surface area contributed by atoms with Crippen molar-refractivity contribution < 1.29 is 9.53 Å². The van der Waals surface area contributed by atoms with Gasteiger partial charge in [-0.3, -0.25) is 4.90 Å². The van der Waals surface area contributed by atoms with Crippen LogP contribution in [0.3, 0.4) is 0 Å². The number of carbonyl (C=O) groups is 1. The van der Waals surface area contributed by atoms with Crippen LogP contribution < -0.4 is 0 Å². The van der Waals surface area contributed by atoms with E-state index in [1.54, 1.807) is 4.90 Å². The molecular weight excluding hydrogens is 214 g/mol. The smallest absolute Gasteiger partial charge is 0.411 e. The minimum atomic E-state index is -0.219. The number of ether oxygens (including phenoxy) is 1. The van der Waals surface area contributed by atoms with Crippen molar-refractivity contribution >= 4 is 6.09 Å². The summed E-state index contributed by atoms with van der Waals surface area (Å²) in [5, 5.41) is 0. The van der Waals surface area contributed by atoms with Crippen LogP contribution in [0.4, 0.5) is 4.79 Å². The number of hydrogen-bond acceptors (Lipinski definition) is 2. The zero-order chi connectivity index (χ0) is 12.6. The van der Waals surface area contributed by atoms with E-state index in [4.69, 9.17) is 4.74 Å². The number of nitrogens with zero attached hydrogens (tertiary/aromatic N) is 1. The Morgan fingerprint density at radius 2 is 2.06 bits per heavy atom. The van der Waals surface area contributed by atoms with Crippen molar-refractivity contribution in [1.82, 2.24) is 4.90 Å². The molecular formula is C14H19NO2. The van der Waals surface area contributed by atoms with Crippen molar-refractivity contribution in [1.29, 1.82) is 0 Å². The van der Waals surface area contributed by atoms with E-state index < -0.39 is 0 Å². The zero-order valence-electron chi connectivity index (χ0n) is 10.9. The highest BCUT2D eigenvalue weighted by atomic mass is 16.6. The summed E-state index contributed by atoms with van der Waals surface area (Å²) in [5.74, 6) is 0. The highest BCUT2D eigenvalue weighted by molar-refractivity contribution is 5.71. The normalized spacial score (nSPS) is 20.6. The zero-order valence-corrected chi connectivity index (χ0v) is 10.9. The second-order valence-corrected chi connectivity index (χ2v) is 5.57. The number of carbonyl (C=O) groups excluding carboxylic acids is 1. The molecule has 3 heteroatoms. The van der Waals surface area contributed by atoms with E-state index in [0.717, 1.165) is 5.56 Å². The van der Waals surface area contributed by atoms with Crippen molar-refractivity contribution in [3.8, 4) is 0 Å². The van der Waals surface area contributed by atoms with Crippen molar-refractivity contribution in [3.63, 3.8) is 0 Å². The first-order valence-electron chi connectivity index (χ1n) is 5.93. The maximum Gasteiger partial charge on any atom is 0.411 e. The van der Waals surface area contributed by atoms with Crippen LogP contribution in [0.1, 0.15) is 38.0 Å². The molecule has 1 fully saturated rings. The number of rotatable bonds is 1. The summed E-state index contributed by atoms with van der Waals surface area (Å²) in [7, 11) is 0. The number of cyclic esters (lactones) is 1. The Morgan fingerprint density at radius 1 is 1.35 bits per heavy atom. The molecule has 1 aliphatic rings. The van der Waals surface area contributed by atoms with Gasteiger partial charge in [0.15, 0.2) is 0 Å². The van der Waals surface area contributed by atoms with Crippen LogP contribution in [0.5, 0.6) is 0 Å². The van der Waals surface area contributed by atoms with Crippen LogP contribution in [-0.2, 0) is 4.74 Å². The summed E-state index contributed by atoms with van der Waals surface area (Å²) in [5.41, 5.74) is 2.08. The second kappa shape index (κ2) is 4.06. The summed E-state index contributed by atoms with van der Waals surface area (Å²) in [6.07, 6.45) is -0.356. The Balaban J connectivity index is 2.20. The van der Waals surface area contributed by atoms with E-state index in [1.807, 2.05) is 45.9 Å². The van der Waals surface area contributed by atoms with Gasteiger partial charge in [0, 0.05) is 5.54 Å². The molecule has 3 nitrogen and oxygen atoms in total. The molecule has 0 N–H and O–H groups in total. The van der Waals surface area contributed by atoms with E-state index in [1.165, 1.54) is 5.56 Å². The van der Waals surface area contributed by atoms with Gasteiger partial charge in [-0.25, -0.2) is 4.79 Å². The van der Waals surface area contributed by atoms with Gasteiger partial charge < -0.3 is 4.74 Å². The lowest BCUT2D eigenvalue weighted by atomic mass is 10.0. The highest BCUT2D eigenvalue weighted by Crippen LogP contribution is 2.30. The van der Waals surface area contributed by atoms with Crippen LogP contribution in [0.25, 0.3) is 0 Å². The molecule has 1 aromatic rings. The van der Waals surface area contributed by atoms with E-state index >= 15 is 0 Å². The molecule has 0 spiro atoms. The molecule has 1 aromatic carbocycles. The van der Waals surface area contributed by atoms with Gasteiger partial charge in [-0.05, 0) is 33.3 Å². The van der Waals surface area contributed by atoms with Gasteiger partial charge in [-0.15, -0.1) is 0 Å². The minimum absolute atomic E-state index is 0.137. The Morgan fingerprint density at radius 3 is 2.59 bits per heavy atom. The van der Waals surface area contributed by atoms with E-state index in [9.17, 15) is 4.79 Å². The molecule has 17 heavy (non-hydrogen) atoms. The summed E-state index contributed by atoms with van der Waals surface area (Å²) in [4.78, 5) is 13.6. The summed E-state index contributed by atoms with van der Waals surface area (Å²) < 4.78 is 5.43. The molecule has 1 saturated heterocycles. The largest absolute Gasteiger partial charge is 0.439 e. The van der Waals surface area contributed by atoms with Crippen LogP contribution in [-0.4, -0.2) is 23.1 Å². The fourth-order valence-electron chi connectivity index (χ4n) is 2.05. The van der Waals surface area contributed by atoms with E-state index in [-0.39, 0.29) is 17.7 Å². The fraction of sp³-hybridized carbons (Fsp3) is 0.500. The van der Waals surface area contributed by atoms with Gasteiger partial charge >= 0.3 is 6.09 Å². The number of benzene rings is 1. The first kappa shape index (κ1) is 12.0. The van der Waals surface area contributed by atoms with Crippen molar-refractivity contribution in [2.24, 2.45) is 0 Å². The lowest BCUT2D eigenvalue weighted by Crippen LogP contribution is -2.41. The lowest BCUT2D eigenvalue weighted by molar-refractivity contribution is 0.120. The topological polar surface area (TPSA) is 29.5 Å². The van der Waals surface area contributed by atoms with Gasteiger partial charge in [-0.2, -0.15) is 0 Å². The van der Waals surface area contributed by atoms with Crippen molar-refractivity contribution in [2.75, 3.05) is 6.54 Å². The summed E-state index contributed by atoms with van der Waals surface area (Å²) in [6, 6.07) is 8.13. The fourth-order valence-corrected chi connectivity index (χ4v) is 2.05. The molecule has 1 atom stereocenters. The molecule has 1 heterocycles. The molecule has 92 valence electrons. The van der Waals surface area contributed by atoms with Crippen LogP contribution in [0.2, 0.25) is 0 Å². The van der Waals surface area contributed by atoms with Crippen LogP contribution >= 0.6 is 0 Å². The Kier molecular flexibility index (Phi) is 2.86. The monoisotopic (exact) mass is 233 g/mol. The summed E-state index contributed by atoms with van der Waals surface area (Å²) in [6.45, 7) is 8.74. The molecule has 0 bridgehead atoms. The standard InChI is InChI=1S/C14H19NO2/c1-10-6-5-7-11(8-10)12-9-15(13(16)17-12)14(2,3)4/h5-8,12H,9H2,1-4H3/t12-/m0/s1. The maximum absolute atomic E-state index is 11.8. The van der Waals surface area contributed by atoms with Gasteiger partial charge in [0.1, 0.15) is 6.10 Å². The number of amides is 1. The van der Waals surface area contributed by atoms with Crippen molar-refractivity contribution in [3.05, 3.63) is 35.4 Å². The van der Waals surface area contributed by atoms with Crippen LogP contribution in [0, 0.1) is 6.92 Å². The Labute approximate surface area is 102 Å². The Hall–Kier alpha value is -1.51. The van der Waals surface area contributed by atoms with E-state index in [0.29, 0.717) is 6.54 Å². The van der Waals surface area contributed by atoms with E-state index in [2.05, 4.69) is 6.07 Å². The lowest BCUT2D eigenvalue weighted by Gasteiger charge is -2.29. The Bertz CT molecular complexity index is 434. The second-order valence-electron chi connectivity index (χ2n) is 5.57.